The molecule has 0 radical (unpaired) electrons. The average Bonchev–Trinajstić information content (AvgIpc) is 3.00. The highest BCUT2D eigenvalue weighted by Crippen LogP contribution is 2.41. The van der Waals surface area contributed by atoms with Crippen molar-refractivity contribution in [1.29, 1.82) is 0 Å². The molecule has 222 valence electrons. The number of benzene rings is 2. The minimum Gasteiger partial charge on any atom is -0.481 e. The van der Waals surface area contributed by atoms with Crippen molar-refractivity contribution >= 4 is 40.8 Å². The molecule has 2 aromatic heterocycles. The second-order valence-electron chi connectivity index (χ2n) is 10.1. The number of hydrogen-bond donors (Lipinski definition) is 2. The summed E-state index contributed by atoms with van der Waals surface area (Å²) in [6.07, 6.45) is 3.81. The quantitative estimate of drug-likeness (QED) is 0.263. The van der Waals surface area contributed by atoms with Crippen LogP contribution in [0.5, 0.6) is 5.88 Å². The molecule has 1 atom stereocenters. The average molecular weight is 623 g/mol. The summed E-state index contributed by atoms with van der Waals surface area (Å²) in [4.78, 5) is 43.6. The van der Waals surface area contributed by atoms with E-state index in [1.807, 2.05) is 35.2 Å². The van der Waals surface area contributed by atoms with Gasteiger partial charge in [-0.2, -0.15) is 5.10 Å². The Morgan fingerprint density at radius 1 is 1.02 bits per heavy atom. The number of amides is 1. The lowest BCUT2D eigenvalue weighted by Crippen LogP contribution is -2.44. The van der Waals surface area contributed by atoms with Crippen LogP contribution < -0.4 is 15.6 Å². The molecule has 10 nitrogen and oxygen atoms in total. The fourth-order valence-electron chi connectivity index (χ4n) is 5.24. The van der Waals surface area contributed by atoms with Crippen LogP contribution in [0.4, 0.5) is 5.69 Å². The van der Waals surface area contributed by atoms with Gasteiger partial charge in [0, 0.05) is 42.0 Å². The monoisotopic (exact) mass is 621 g/mol. The Bertz CT molecular complexity index is 1760. The van der Waals surface area contributed by atoms with E-state index < -0.39 is 23.5 Å². The van der Waals surface area contributed by atoms with E-state index in [9.17, 15) is 19.5 Å². The van der Waals surface area contributed by atoms with E-state index in [4.69, 9.17) is 32.9 Å². The van der Waals surface area contributed by atoms with E-state index in [0.29, 0.717) is 58.5 Å². The molecule has 1 fully saturated rings. The molecule has 1 amide bonds. The highest BCUT2D eigenvalue weighted by molar-refractivity contribution is 6.39. The van der Waals surface area contributed by atoms with Gasteiger partial charge in [0.1, 0.15) is 11.6 Å². The first-order chi connectivity index (χ1) is 20.7. The Labute approximate surface area is 257 Å². The molecule has 2 aromatic carbocycles. The molecule has 0 aliphatic carbocycles. The van der Waals surface area contributed by atoms with Crippen molar-refractivity contribution in [2.24, 2.45) is 7.05 Å². The Kier molecular flexibility index (Phi) is 9.10. The highest BCUT2D eigenvalue weighted by atomic mass is 35.5. The van der Waals surface area contributed by atoms with Gasteiger partial charge in [-0.15, -0.1) is 0 Å². The summed E-state index contributed by atoms with van der Waals surface area (Å²) in [5, 5.41) is 16.8. The predicted molar refractivity (Wildman–Crippen MR) is 165 cm³/mol. The first-order valence-corrected chi connectivity index (χ1v) is 14.4. The number of aliphatic carboxylic acids is 1. The maximum atomic E-state index is 12.9. The second kappa shape index (κ2) is 12.9. The number of pyridine rings is 1. The molecule has 5 rings (SSSR count). The molecule has 4 aromatic rings. The smallest absolute Gasteiger partial charge is 0.320 e. The van der Waals surface area contributed by atoms with Crippen molar-refractivity contribution in [2.45, 2.75) is 31.8 Å². The summed E-state index contributed by atoms with van der Waals surface area (Å²) >= 11 is 13.7. The minimum absolute atomic E-state index is 0.0683. The van der Waals surface area contributed by atoms with Gasteiger partial charge in [-0.1, -0.05) is 66.0 Å². The summed E-state index contributed by atoms with van der Waals surface area (Å²) < 4.78 is 6.68. The standard InChI is InChI=1S/C31H29Cl2N5O5/c1-37-30(40)22(14-15-34-37)28(39)35-24-10-6-8-20(27(24)33)19-7-5-9-21(26(19)32)23-13-12-18(29(36-23)43-2)17-38-16-4-3-11-25(38)31(41)42/h5-10,12-15,25H,3-4,11,16-17H2,1-2H3,(H,35,39)(H,41,42)/t25-/m1/s1. The number of aryl methyl sites for hydroxylation is 1. The molecule has 2 N–H and O–H groups in total. The number of methoxy groups -OCH3 is 1. The molecule has 0 saturated carbocycles. The molecule has 12 heteroatoms. The number of piperidine rings is 1. The van der Waals surface area contributed by atoms with Crippen molar-refractivity contribution < 1.29 is 19.4 Å². The summed E-state index contributed by atoms with van der Waals surface area (Å²) in [6.45, 7) is 1.09. The summed E-state index contributed by atoms with van der Waals surface area (Å²) in [7, 11) is 2.99. The first-order valence-electron chi connectivity index (χ1n) is 13.6. The molecular weight excluding hydrogens is 593 g/mol. The van der Waals surface area contributed by atoms with Gasteiger partial charge in [-0.3, -0.25) is 19.3 Å². The van der Waals surface area contributed by atoms with Crippen molar-refractivity contribution in [3.8, 4) is 28.3 Å². The molecule has 0 spiro atoms. The molecular formula is C31H29Cl2N5O5. The molecule has 0 bridgehead atoms. The lowest BCUT2D eigenvalue weighted by molar-refractivity contribution is -0.144. The number of nitrogens with zero attached hydrogens (tertiary/aromatic N) is 4. The van der Waals surface area contributed by atoms with Gasteiger partial charge in [0.15, 0.2) is 0 Å². The first kappa shape index (κ1) is 30.2. The summed E-state index contributed by atoms with van der Waals surface area (Å²) in [6, 6.07) is 15.1. The molecule has 1 saturated heterocycles. The van der Waals surface area contributed by atoms with Crippen LogP contribution in [-0.4, -0.2) is 56.3 Å². The van der Waals surface area contributed by atoms with Gasteiger partial charge < -0.3 is 15.2 Å². The molecule has 3 heterocycles. The molecule has 1 aliphatic heterocycles. The number of carboxylic acids is 1. The highest BCUT2D eigenvalue weighted by Gasteiger charge is 2.29. The third-order valence-corrected chi connectivity index (χ3v) is 8.28. The Hall–Kier alpha value is -4.25. The van der Waals surface area contributed by atoms with E-state index in [0.717, 1.165) is 23.1 Å². The maximum Gasteiger partial charge on any atom is 0.320 e. The fraction of sp³-hybridized carbons (Fsp3) is 0.258. The zero-order valence-electron chi connectivity index (χ0n) is 23.5. The Morgan fingerprint density at radius 2 is 1.74 bits per heavy atom. The van der Waals surface area contributed by atoms with Crippen molar-refractivity contribution in [2.75, 3.05) is 19.0 Å². The van der Waals surface area contributed by atoms with Crippen LogP contribution in [-0.2, 0) is 18.4 Å². The third-order valence-electron chi connectivity index (χ3n) is 7.47. The Balaban J connectivity index is 1.44. The van der Waals surface area contributed by atoms with Crippen LogP contribution >= 0.6 is 23.2 Å². The summed E-state index contributed by atoms with van der Waals surface area (Å²) in [5.74, 6) is -1.05. The number of carbonyl (C=O) groups excluding carboxylic acids is 1. The summed E-state index contributed by atoms with van der Waals surface area (Å²) in [5.41, 5.74) is 2.88. The number of carbonyl (C=O) groups is 2. The SMILES string of the molecule is COc1nc(-c2cccc(-c3cccc(NC(=O)c4ccnn(C)c4=O)c3Cl)c2Cl)ccc1CN1CCCC[C@@H]1C(=O)O. The van der Waals surface area contributed by atoms with Gasteiger partial charge in [-0.25, -0.2) is 9.67 Å². The number of anilines is 1. The number of likely N-dealkylation sites (tertiary alicyclic amines) is 1. The molecule has 1 aliphatic rings. The van der Waals surface area contributed by atoms with Crippen LogP contribution in [0.1, 0.15) is 35.2 Å². The van der Waals surface area contributed by atoms with E-state index in [1.165, 1.54) is 26.4 Å². The van der Waals surface area contributed by atoms with Crippen molar-refractivity contribution in [3.63, 3.8) is 0 Å². The van der Waals surface area contributed by atoms with Crippen LogP contribution in [0, 0.1) is 0 Å². The lowest BCUT2D eigenvalue weighted by atomic mass is 9.99. The molecule has 0 unspecified atom stereocenters. The van der Waals surface area contributed by atoms with E-state index in [2.05, 4.69) is 10.4 Å². The van der Waals surface area contributed by atoms with Crippen molar-refractivity contribution in [3.05, 3.63) is 92.3 Å². The van der Waals surface area contributed by atoms with E-state index >= 15 is 0 Å². The predicted octanol–water partition coefficient (Wildman–Crippen LogP) is 5.52. The number of nitrogens with one attached hydrogen (secondary N) is 1. The zero-order chi connectivity index (χ0) is 30.7. The van der Waals surface area contributed by atoms with Crippen molar-refractivity contribution in [1.82, 2.24) is 19.7 Å². The van der Waals surface area contributed by atoms with Gasteiger partial charge in [0.05, 0.1) is 28.5 Å². The molecule has 43 heavy (non-hydrogen) atoms. The van der Waals surface area contributed by atoms with Gasteiger partial charge in [0.25, 0.3) is 11.5 Å². The van der Waals surface area contributed by atoms with Crippen LogP contribution in [0.15, 0.2) is 65.6 Å². The third kappa shape index (κ3) is 6.27. The van der Waals surface area contributed by atoms with Crippen LogP contribution in [0.2, 0.25) is 10.0 Å². The number of hydrogen-bond acceptors (Lipinski definition) is 7. The number of aromatic nitrogens is 3. The fourth-order valence-corrected chi connectivity index (χ4v) is 5.84. The minimum atomic E-state index is -0.823. The van der Waals surface area contributed by atoms with Crippen LogP contribution in [0.25, 0.3) is 22.4 Å². The number of halogens is 2. The van der Waals surface area contributed by atoms with E-state index in [1.54, 1.807) is 18.2 Å². The second-order valence-corrected chi connectivity index (χ2v) is 10.9. The van der Waals surface area contributed by atoms with Gasteiger partial charge >= 0.3 is 5.97 Å². The van der Waals surface area contributed by atoms with Crippen LogP contribution in [0.3, 0.4) is 0 Å². The Morgan fingerprint density at radius 3 is 2.49 bits per heavy atom. The normalized spacial score (nSPS) is 15.2. The largest absolute Gasteiger partial charge is 0.481 e. The van der Waals surface area contributed by atoms with Gasteiger partial charge in [0.2, 0.25) is 5.88 Å². The van der Waals surface area contributed by atoms with E-state index in [-0.39, 0.29) is 10.6 Å². The zero-order valence-corrected chi connectivity index (χ0v) is 25.0. The van der Waals surface area contributed by atoms with Gasteiger partial charge in [-0.05, 0) is 37.6 Å². The number of rotatable bonds is 8. The number of carboxylic acid groups (broad SMARTS) is 1. The number of ether oxygens (including phenoxy) is 1. The topological polar surface area (TPSA) is 127 Å². The lowest BCUT2D eigenvalue weighted by Gasteiger charge is -2.33. The maximum absolute atomic E-state index is 12.9.